The molecule has 1 aliphatic carbocycles. The number of likely N-dealkylation sites (tertiary alicyclic amines) is 1. The minimum atomic E-state index is 0.490. The molecule has 1 saturated heterocycles. The van der Waals surface area contributed by atoms with E-state index in [1.807, 2.05) is 17.1 Å². The van der Waals surface area contributed by atoms with Crippen LogP contribution in [0.1, 0.15) is 35.9 Å². The maximum Gasteiger partial charge on any atom is 0.140 e. The Balaban J connectivity index is 1.39. The summed E-state index contributed by atoms with van der Waals surface area (Å²) >= 11 is 3.44. The lowest BCUT2D eigenvalue weighted by atomic mass is 9.96. The Morgan fingerprint density at radius 2 is 2.15 bits per heavy atom. The van der Waals surface area contributed by atoms with Crippen molar-refractivity contribution in [2.75, 3.05) is 13.1 Å². The molecule has 0 unspecified atom stereocenters. The summed E-state index contributed by atoms with van der Waals surface area (Å²) in [7, 11) is 0. The molecule has 0 bridgehead atoms. The molecule has 2 aliphatic rings. The molecule has 106 valence electrons. The molecule has 2 aromatic heterocycles. The van der Waals surface area contributed by atoms with Crippen LogP contribution in [0.4, 0.5) is 0 Å². The lowest BCUT2D eigenvalue weighted by Gasteiger charge is -2.38. The number of nitrogens with zero attached hydrogens (tertiary/aromatic N) is 4. The zero-order chi connectivity index (χ0) is 13.5. The molecule has 1 aliphatic heterocycles. The fourth-order valence-electron chi connectivity index (χ4n) is 3.14. The van der Waals surface area contributed by atoms with E-state index >= 15 is 0 Å². The molecule has 0 saturated carbocycles. The summed E-state index contributed by atoms with van der Waals surface area (Å²) in [6.45, 7) is 2.99. The van der Waals surface area contributed by atoms with Gasteiger partial charge in [-0.05, 0) is 35.2 Å². The van der Waals surface area contributed by atoms with Gasteiger partial charge in [0.1, 0.15) is 11.5 Å². The van der Waals surface area contributed by atoms with Gasteiger partial charge in [0.2, 0.25) is 0 Å². The van der Waals surface area contributed by atoms with Crippen LogP contribution in [-0.4, -0.2) is 32.9 Å². The predicted octanol–water partition coefficient (Wildman–Crippen LogP) is 2.57. The Kier molecular flexibility index (Phi) is 3.15. The van der Waals surface area contributed by atoms with Crippen molar-refractivity contribution < 1.29 is 4.52 Å². The van der Waals surface area contributed by atoms with E-state index in [9.17, 15) is 0 Å². The van der Waals surface area contributed by atoms with Crippen LogP contribution in [0.5, 0.6) is 0 Å². The van der Waals surface area contributed by atoms with Crippen molar-refractivity contribution in [3.8, 4) is 0 Å². The molecule has 4 rings (SSSR count). The van der Waals surface area contributed by atoms with Gasteiger partial charge in [0.05, 0.1) is 16.7 Å². The summed E-state index contributed by atoms with van der Waals surface area (Å²) in [5, 5.41) is 8.62. The van der Waals surface area contributed by atoms with Gasteiger partial charge in [-0.15, -0.1) is 0 Å². The van der Waals surface area contributed by atoms with Gasteiger partial charge in [-0.25, -0.2) is 0 Å². The first-order chi connectivity index (χ1) is 9.79. The quantitative estimate of drug-likeness (QED) is 0.864. The molecule has 3 heterocycles. The Labute approximate surface area is 126 Å². The monoisotopic (exact) mass is 336 g/mol. The highest BCUT2D eigenvalue weighted by Gasteiger charge is 2.30. The van der Waals surface area contributed by atoms with Crippen molar-refractivity contribution >= 4 is 15.9 Å². The third kappa shape index (κ3) is 2.20. The van der Waals surface area contributed by atoms with Crippen molar-refractivity contribution in [1.29, 1.82) is 0 Å². The number of rotatable bonds is 3. The molecule has 0 amide bonds. The van der Waals surface area contributed by atoms with Crippen molar-refractivity contribution in [3.63, 3.8) is 0 Å². The van der Waals surface area contributed by atoms with E-state index in [1.165, 1.54) is 18.4 Å². The molecule has 6 heteroatoms. The lowest BCUT2D eigenvalue weighted by Crippen LogP contribution is -2.47. The first-order valence-electron chi connectivity index (χ1n) is 7.18. The normalized spacial score (nSPS) is 19.9. The van der Waals surface area contributed by atoms with Crippen LogP contribution in [0.15, 0.2) is 21.4 Å². The van der Waals surface area contributed by atoms with Gasteiger partial charge in [-0.1, -0.05) is 5.16 Å². The Morgan fingerprint density at radius 3 is 2.95 bits per heavy atom. The van der Waals surface area contributed by atoms with Gasteiger partial charge in [0.25, 0.3) is 0 Å². The summed E-state index contributed by atoms with van der Waals surface area (Å²) in [6, 6.07) is 0.490. The minimum absolute atomic E-state index is 0.490. The van der Waals surface area contributed by atoms with Crippen molar-refractivity contribution in [2.45, 2.75) is 38.3 Å². The van der Waals surface area contributed by atoms with E-state index in [4.69, 9.17) is 4.52 Å². The van der Waals surface area contributed by atoms with Crippen molar-refractivity contribution in [2.24, 2.45) is 0 Å². The summed E-state index contributed by atoms with van der Waals surface area (Å²) in [6.07, 6.45) is 8.59. The molecule has 0 radical (unpaired) electrons. The maximum atomic E-state index is 5.47. The maximum absolute atomic E-state index is 5.47. The van der Waals surface area contributed by atoms with Gasteiger partial charge in [-0.3, -0.25) is 9.58 Å². The number of hydrogen-bond donors (Lipinski definition) is 0. The first-order valence-corrected chi connectivity index (χ1v) is 7.97. The van der Waals surface area contributed by atoms with E-state index in [1.54, 1.807) is 0 Å². The van der Waals surface area contributed by atoms with E-state index in [0.29, 0.717) is 6.04 Å². The standard InChI is InChI=1S/C14H17BrN4O/c15-10-5-16-19(6-10)11-7-18(8-11)9-13-12-3-1-2-4-14(12)20-17-13/h5-6,11H,1-4,7-9H2. The van der Waals surface area contributed by atoms with E-state index < -0.39 is 0 Å². The Hall–Kier alpha value is -1.14. The minimum Gasteiger partial charge on any atom is -0.361 e. The molecule has 0 spiro atoms. The van der Waals surface area contributed by atoms with Gasteiger partial charge >= 0.3 is 0 Å². The fraction of sp³-hybridized carbons (Fsp3) is 0.571. The molecular weight excluding hydrogens is 320 g/mol. The second-order valence-corrected chi connectivity index (χ2v) is 6.64. The first kappa shape index (κ1) is 12.6. The number of fused-ring (bicyclic) bond motifs is 1. The number of aryl methyl sites for hydroxylation is 1. The number of hydrogen-bond acceptors (Lipinski definition) is 4. The fourth-order valence-corrected chi connectivity index (χ4v) is 3.44. The van der Waals surface area contributed by atoms with Crippen LogP contribution in [0, 0.1) is 0 Å². The van der Waals surface area contributed by atoms with E-state index in [-0.39, 0.29) is 0 Å². The third-order valence-corrected chi connectivity index (χ3v) is 4.70. The smallest absolute Gasteiger partial charge is 0.140 e. The zero-order valence-electron chi connectivity index (χ0n) is 11.3. The van der Waals surface area contributed by atoms with Gasteiger partial charge in [0.15, 0.2) is 0 Å². The molecule has 0 atom stereocenters. The van der Waals surface area contributed by atoms with Crippen LogP contribution in [0.2, 0.25) is 0 Å². The van der Waals surface area contributed by atoms with Gasteiger partial charge in [-0.2, -0.15) is 5.10 Å². The largest absolute Gasteiger partial charge is 0.361 e. The highest BCUT2D eigenvalue weighted by atomic mass is 79.9. The average molecular weight is 337 g/mol. The van der Waals surface area contributed by atoms with E-state index in [2.05, 4.69) is 31.1 Å². The van der Waals surface area contributed by atoms with Gasteiger partial charge < -0.3 is 4.52 Å². The van der Waals surface area contributed by atoms with Crippen LogP contribution in [0.3, 0.4) is 0 Å². The highest BCUT2D eigenvalue weighted by molar-refractivity contribution is 9.10. The second kappa shape index (κ2) is 5.00. The summed E-state index contributed by atoms with van der Waals surface area (Å²) in [5.74, 6) is 1.12. The Bertz CT molecular complexity index is 614. The third-order valence-electron chi connectivity index (χ3n) is 4.29. The van der Waals surface area contributed by atoms with Crippen LogP contribution < -0.4 is 0 Å². The highest BCUT2D eigenvalue weighted by Crippen LogP contribution is 2.28. The molecule has 0 N–H and O–H groups in total. The molecular formula is C14H17BrN4O. The lowest BCUT2D eigenvalue weighted by molar-refractivity contribution is 0.0881. The zero-order valence-corrected chi connectivity index (χ0v) is 12.8. The summed E-state index contributed by atoms with van der Waals surface area (Å²) < 4.78 is 8.55. The van der Waals surface area contributed by atoms with Crippen LogP contribution >= 0.6 is 15.9 Å². The molecule has 1 fully saturated rings. The summed E-state index contributed by atoms with van der Waals surface area (Å²) in [5.41, 5.74) is 2.53. The number of aromatic nitrogens is 3. The van der Waals surface area contributed by atoms with Crippen molar-refractivity contribution in [3.05, 3.63) is 33.9 Å². The van der Waals surface area contributed by atoms with E-state index in [0.717, 1.165) is 48.4 Å². The summed E-state index contributed by atoms with van der Waals surface area (Å²) in [4.78, 5) is 2.41. The Morgan fingerprint density at radius 1 is 1.30 bits per heavy atom. The van der Waals surface area contributed by atoms with Crippen molar-refractivity contribution in [1.82, 2.24) is 19.8 Å². The SMILES string of the molecule is Brc1cnn(C2CN(Cc3noc4c3CCCC4)C2)c1. The van der Waals surface area contributed by atoms with Crippen LogP contribution in [0.25, 0.3) is 0 Å². The molecule has 0 aromatic carbocycles. The average Bonchev–Trinajstić information content (AvgIpc) is 3.00. The van der Waals surface area contributed by atoms with Crippen LogP contribution in [-0.2, 0) is 19.4 Å². The second-order valence-electron chi connectivity index (χ2n) is 5.72. The predicted molar refractivity (Wildman–Crippen MR) is 77.4 cm³/mol. The molecule has 5 nitrogen and oxygen atoms in total. The topological polar surface area (TPSA) is 47.1 Å². The van der Waals surface area contributed by atoms with Gasteiger partial charge in [0, 0.05) is 37.8 Å². The molecule has 2 aromatic rings. The molecule has 20 heavy (non-hydrogen) atoms. The number of halogens is 1.